The molecular weight excluding hydrogens is 340 g/mol. The van der Waals surface area contributed by atoms with Gasteiger partial charge in [-0.1, -0.05) is 85.4 Å². The lowest BCUT2D eigenvalue weighted by atomic mass is 10.1. The molecule has 0 spiro atoms. The number of allylic oxidation sites excluding steroid dienone is 4. The normalized spacial score (nSPS) is 16.2. The van der Waals surface area contributed by atoms with Crippen LogP contribution in [0.25, 0.3) is 0 Å². The van der Waals surface area contributed by atoms with Gasteiger partial charge in [-0.15, -0.1) is 0 Å². The molecule has 0 aromatic heterocycles. The molecule has 1 aliphatic carbocycles. The summed E-state index contributed by atoms with van der Waals surface area (Å²) in [4.78, 5) is 15.9. The molecule has 1 aliphatic rings. The second-order valence-corrected chi connectivity index (χ2v) is 6.10. The van der Waals surface area contributed by atoms with Crippen molar-refractivity contribution in [2.75, 3.05) is 6.54 Å². The standard InChI is InChI=1S/C14H17Cl4NO/c1-2-3-4-5-6-7-8-19-13-9(15)11(17)14(20)12(18)10(13)16/h2-8H2,1H3. The fraction of sp³-hybridized carbons (Fsp3) is 0.571. The van der Waals surface area contributed by atoms with Gasteiger partial charge in [-0.3, -0.25) is 9.79 Å². The maximum absolute atomic E-state index is 11.6. The van der Waals surface area contributed by atoms with E-state index in [0.29, 0.717) is 12.3 Å². The van der Waals surface area contributed by atoms with E-state index in [1.165, 1.54) is 25.7 Å². The minimum absolute atomic E-state index is 0.0806. The van der Waals surface area contributed by atoms with Crippen molar-refractivity contribution in [3.8, 4) is 0 Å². The Morgan fingerprint density at radius 1 is 0.800 bits per heavy atom. The van der Waals surface area contributed by atoms with Crippen LogP contribution in [-0.4, -0.2) is 18.0 Å². The molecule has 0 amide bonds. The average molecular weight is 357 g/mol. The first kappa shape index (κ1) is 18.0. The molecule has 0 N–H and O–H groups in total. The number of unbranched alkanes of at least 4 members (excludes halogenated alkanes) is 5. The van der Waals surface area contributed by atoms with Crippen molar-refractivity contribution in [3.05, 3.63) is 20.1 Å². The molecule has 0 unspecified atom stereocenters. The van der Waals surface area contributed by atoms with Gasteiger partial charge in [0, 0.05) is 6.54 Å². The number of aliphatic imine (C=N–C) groups is 1. The third-order valence-corrected chi connectivity index (χ3v) is 4.63. The van der Waals surface area contributed by atoms with Gasteiger partial charge < -0.3 is 0 Å². The minimum atomic E-state index is -0.554. The predicted octanol–water partition coefficient (Wildman–Crippen LogP) is 5.75. The summed E-state index contributed by atoms with van der Waals surface area (Å²) in [7, 11) is 0. The highest BCUT2D eigenvalue weighted by Gasteiger charge is 2.29. The van der Waals surface area contributed by atoms with Crippen LogP contribution in [-0.2, 0) is 4.79 Å². The molecule has 0 aromatic rings. The van der Waals surface area contributed by atoms with Crippen molar-refractivity contribution in [2.24, 2.45) is 4.99 Å². The Kier molecular flexibility index (Phi) is 8.20. The third-order valence-electron chi connectivity index (χ3n) is 2.98. The average Bonchev–Trinajstić information content (AvgIpc) is 2.45. The highest BCUT2D eigenvalue weighted by Crippen LogP contribution is 2.33. The van der Waals surface area contributed by atoms with Crippen LogP contribution >= 0.6 is 46.4 Å². The Labute approximate surface area is 139 Å². The van der Waals surface area contributed by atoms with Crippen LogP contribution in [0.3, 0.4) is 0 Å². The van der Waals surface area contributed by atoms with Crippen molar-refractivity contribution in [2.45, 2.75) is 45.4 Å². The Morgan fingerprint density at radius 2 is 1.30 bits per heavy atom. The lowest BCUT2D eigenvalue weighted by molar-refractivity contribution is -0.111. The zero-order valence-corrected chi connectivity index (χ0v) is 14.3. The number of ketones is 1. The van der Waals surface area contributed by atoms with Gasteiger partial charge in [0.2, 0.25) is 5.78 Å². The molecule has 0 aliphatic heterocycles. The van der Waals surface area contributed by atoms with Crippen LogP contribution < -0.4 is 0 Å². The number of carbonyl (C=O) groups excluding carboxylic acids is 1. The largest absolute Gasteiger partial charge is 0.286 e. The molecule has 0 atom stereocenters. The van der Waals surface area contributed by atoms with Gasteiger partial charge in [-0.05, 0) is 6.42 Å². The van der Waals surface area contributed by atoms with E-state index in [1.54, 1.807) is 0 Å². The number of nitrogens with zero attached hydrogens (tertiary/aromatic N) is 1. The van der Waals surface area contributed by atoms with E-state index in [2.05, 4.69) is 11.9 Å². The number of hydrogen-bond acceptors (Lipinski definition) is 2. The lowest BCUT2D eigenvalue weighted by Crippen LogP contribution is -2.15. The monoisotopic (exact) mass is 355 g/mol. The summed E-state index contributed by atoms with van der Waals surface area (Å²) < 4.78 is 0. The maximum atomic E-state index is 11.6. The van der Waals surface area contributed by atoms with Crippen LogP contribution in [0.4, 0.5) is 0 Å². The quantitative estimate of drug-likeness (QED) is 0.421. The number of hydrogen-bond donors (Lipinski definition) is 0. The van der Waals surface area contributed by atoms with Crippen molar-refractivity contribution in [1.29, 1.82) is 0 Å². The SMILES string of the molecule is CCCCCCCCN=C1C(Cl)=C(Cl)C(=O)C(Cl)=C1Cl. The predicted molar refractivity (Wildman–Crippen MR) is 88.1 cm³/mol. The summed E-state index contributed by atoms with van der Waals surface area (Å²) in [5.74, 6) is -0.554. The molecular formula is C14H17Cl4NO. The van der Waals surface area contributed by atoms with E-state index >= 15 is 0 Å². The molecule has 6 heteroatoms. The van der Waals surface area contributed by atoms with Gasteiger partial charge in [0.25, 0.3) is 0 Å². The Hall–Kier alpha value is -0.0200. The van der Waals surface area contributed by atoms with Crippen LogP contribution in [0, 0.1) is 0 Å². The number of carbonyl (C=O) groups is 1. The molecule has 0 aromatic carbocycles. The van der Waals surface area contributed by atoms with E-state index in [0.717, 1.165) is 12.8 Å². The Morgan fingerprint density at radius 3 is 1.85 bits per heavy atom. The highest BCUT2D eigenvalue weighted by atomic mass is 35.5. The van der Waals surface area contributed by atoms with Crippen LogP contribution in [0.15, 0.2) is 25.1 Å². The van der Waals surface area contributed by atoms with Gasteiger partial charge in [-0.25, -0.2) is 0 Å². The minimum Gasteiger partial charge on any atom is -0.286 e. The van der Waals surface area contributed by atoms with Crippen LogP contribution in [0.5, 0.6) is 0 Å². The number of Topliss-reactive ketones (excluding diaryl/α,β-unsaturated/α-hetero) is 1. The summed E-state index contributed by atoms with van der Waals surface area (Å²) in [6.07, 6.45) is 7.01. The second kappa shape index (κ2) is 9.09. The first-order valence-corrected chi connectivity index (χ1v) is 8.22. The zero-order valence-electron chi connectivity index (χ0n) is 11.3. The lowest BCUT2D eigenvalue weighted by Gasteiger charge is -2.13. The van der Waals surface area contributed by atoms with E-state index in [4.69, 9.17) is 46.4 Å². The van der Waals surface area contributed by atoms with Gasteiger partial charge in [0.05, 0.1) is 15.8 Å². The zero-order chi connectivity index (χ0) is 15.1. The summed E-state index contributed by atoms with van der Waals surface area (Å²) >= 11 is 23.6. The van der Waals surface area contributed by atoms with E-state index in [9.17, 15) is 4.79 Å². The summed E-state index contributed by atoms with van der Waals surface area (Å²) in [5, 5.41) is -0.0837. The molecule has 2 nitrogen and oxygen atoms in total. The first-order chi connectivity index (χ1) is 9.50. The third kappa shape index (κ3) is 4.77. The van der Waals surface area contributed by atoms with Crippen LogP contribution in [0.1, 0.15) is 45.4 Å². The van der Waals surface area contributed by atoms with E-state index in [1.807, 2.05) is 0 Å². The topological polar surface area (TPSA) is 29.4 Å². The molecule has 20 heavy (non-hydrogen) atoms. The Bertz CT molecular complexity index is 436. The van der Waals surface area contributed by atoms with Gasteiger partial charge in [0.15, 0.2) is 0 Å². The van der Waals surface area contributed by atoms with E-state index < -0.39 is 5.78 Å². The van der Waals surface area contributed by atoms with Gasteiger partial charge >= 0.3 is 0 Å². The van der Waals surface area contributed by atoms with Crippen molar-refractivity contribution >= 4 is 57.9 Å². The molecule has 0 heterocycles. The summed E-state index contributed by atoms with van der Waals surface area (Å²) in [5.41, 5.74) is 0.316. The van der Waals surface area contributed by atoms with Gasteiger partial charge in [-0.2, -0.15) is 0 Å². The van der Waals surface area contributed by atoms with E-state index in [-0.39, 0.29) is 20.1 Å². The van der Waals surface area contributed by atoms with Crippen molar-refractivity contribution in [3.63, 3.8) is 0 Å². The fourth-order valence-corrected chi connectivity index (χ4v) is 2.77. The van der Waals surface area contributed by atoms with Crippen LogP contribution in [0.2, 0.25) is 0 Å². The molecule has 0 saturated carbocycles. The highest BCUT2D eigenvalue weighted by molar-refractivity contribution is 6.69. The summed E-state index contributed by atoms with van der Waals surface area (Å²) in [6, 6.07) is 0. The van der Waals surface area contributed by atoms with Crippen molar-refractivity contribution < 1.29 is 4.79 Å². The molecule has 1 rings (SSSR count). The van der Waals surface area contributed by atoms with Crippen molar-refractivity contribution in [1.82, 2.24) is 0 Å². The maximum Gasteiger partial charge on any atom is 0.218 e. The second-order valence-electron chi connectivity index (χ2n) is 4.58. The fourth-order valence-electron chi connectivity index (χ4n) is 1.82. The van der Waals surface area contributed by atoms with Gasteiger partial charge in [0.1, 0.15) is 10.1 Å². The smallest absolute Gasteiger partial charge is 0.218 e. The molecule has 0 fully saturated rings. The molecule has 0 saturated heterocycles. The molecule has 0 radical (unpaired) electrons. The number of halogens is 4. The summed E-state index contributed by atoms with van der Waals surface area (Å²) in [6.45, 7) is 2.78. The first-order valence-electron chi connectivity index (χ1n) is 6.71. The number of rotatable bonds is 7. The molecule has 112 valence electrons. The molecule has 0 bridgehead atoms. The Balaban J connectivity index is 2.57.